The van der Waals surface area contributed by atoms with E-state index in [1.54, 1.807) is 0 Å². The summed E-state index contributed by atoms with van der Waals surface area (Å²) >= 11 is 0. The van der Waals surface area contributed by atoms with Crippen LogP contribution >= 0.6 is 0 Å². The van der Waals surface area contributed by atoms with Crippen LogP contribution in [0.3, 0.4) is 0 Å². The Morgan fingerprint density at radius 1 is 1.26 bits per heavy atom. The van der Waals surface area contributed by atoms with Gasteiger partial charge in [-0.15, -0.1) is 0 Å². The summed E-state index contributed by atoms with van der Waals surface area (Å²) < 4.78 is 0. The van der Waals surface area contributed by atoms with Crippen molar-refractivity contribution in [2.75, 3.05) is 13.1 Å². The second-order valence-corrected chi connectivity index (χ2v) is 6.12. The fourth-order valence-corrected chi connectivity index (χ4v) is 2.96. The number of rotatable bonds is 5. The molecule has 0 bridgehead atoms. The molecular formula is C17H28N2. The molecule has 0 spiro atoms. The van der Waals surface area contributed by atoms with Gasteiger partial charge in [0.2, 0.25) is 0 Å². The Labute approximate surface area is 118 Å². The molecule has 0 aromatic heterocycles. The summed E-state index contributed by atoms with van der Waals surface area (Å²) in [6, 6.07) is 12.2. The predicted molar refractivity (Wildman–Crippen MR) is 82.2 cm³/mol. The van der Waals surface area contributed by atoms with Crippen molar-refractivity contribution in [2.24, 2.45) is 5.92 Å². The van der Waals surface area contributed by atoms with Crippen LogP contribution in [-0.2, 0) is 6.54 Å². The molecule has 1 N–H and O–H groups in total. The van der Waals surface area contributed by atoms with Gasteiger partial charge in [0.15, 0.2) is 0 Å². The van der Waals surface area contributed by atoms with Crippen molar-refractivity contribution in [2.45, 2.75) is 52.2 Å². The zero-order valence-corrected chi connectivity index (χ0v) is 12.6. The van der Waals surface area contributed by atoms with Crippen LogP contribution in [0.4, 0.5) is 0 Å². The molecule has 2 unspecified atom stereocenters. The minimum atomic E-state index is 0.636. The molecule has 2 heteroatoms. The molecule has 0 radical (unpaired) electrons. The summed E-state index contributed by atoms with van der Waals surface area (Å²) in [4.78, 5) is 2.68. The standard InChI is InChI=1S/C17H28N2/c1-4-8-16-11-18-17(14(2)3)13-19(16)12-15-9-6-5-7-10-15/h5-7,9-10,14,16-18H,4,8,11-13H2,1-3H3. The molecule has 1 aliphatic heterocycles. The summed E-state index contributed by atoms with van der Waals surface area (Å²) in [6.07, 6.45) is 2.56. The first-order chi connectivity index (χ1) is 9.20. The molecule has 19 heavy (non-hydrogen) atoms. The number of hydrogen-bond acceptors (Lipinski definition) is 2. The first kappa shape index (κ1) is 14.5. The summed E-state index contributed by atoms with van der Waals surface area (Å²) in [6.45, 7) is 10.3. The Balaban J connectivity index is 2.03. The summed E-state index contributed by atoms with van der Waals surface area (Å²) in [5.41, 5.74) is 1.44. The Bertz CT molecular complexity index is 361. The van der Waals surface area contributed by atoms with Crippen LogP contribution in [0.2, 0.25) is 0 Å². The first-order valence-corrected chi connectivity index (χ1v) is 7.72. The molecule has 1 heterocycles. The first-order valence-electron chi connectivity index (χ1n) is 7.72. The van der Waals surface area contributed by atoms with E-state index in [0.717, 1.165) is 13.1 Å². The summed E-state index contributed by atoms with van der Waals surface area (Å²) in [5, 5.41) is 3.73. The normalized spacial score (nSPS) is 24.8. The Morgan fingerprint density at radius 2 is 2.00 bits per heavy atom. The maximum absolute atomic E-state index is 3.73. The quantitative estimate of drug-likeness (QED) is 0.874. The number of piperazine rings is 1. The molecule has 1 aliphatic rings. The molecule has 1 saturated heterocycles. The third-order valence-electron chi connectivity index (χ3n) is 4.22. The zero-order valence-electron chi connectivity index (χ0n) is 12.6. The van der Waals surface area contributed by atoms with E-state index in [9.17, 15) is 0 Å². The SMILES string of the molecule is CCCC1CNC(C(C)C)CN1Cc1ccccc1. The van der Waals surface area contributed by atoms with Crippen LogP contribution in [0.1, 0.15) is 39.2 Å². The van der Waals surface area contributed by atoms with E-state index in [1.807, 2.05) is 0 Å². The lowest BCUT2D eigenvalue weighted by Crippen LogP contribution is -2.57. The zero-order chi connectivity index (χ0) is 13.7. The van der Waals surface area contributed by atoms with Crippen molar-refractivity contribution >= 4 is 0 Å². The molecule has 0 amide bonds. The number of hydrogen-bond donors (Lipinski definition) is 1. The third-order valence-corrected chi connectivity index (χ3v) is 4.22. The predicted octanol–water partition coefficient (Wildman–Crippen LogP) is 3.29. The highest BCUT2D eigenvalue weighted by molar-refractivity contribution is 5.15. The highest BCUT2D eigenvalue weighted by Crippen LogP contribution is 2.18. The van der Waals surface area contributed by atoms with Gasteiger partial charge in [0, 0.05) is 31.7 Å². The van der Waals surface area contributed by atoms with Crippen LogP contribution in [0.5, 0.6) is 0 Å². The lowest BCUT2D eigenvalue weighted by atomic mass is 9.97. The largest absolute Gasteiger partial charge is 0.311 e. The monoisotopic (exact) mass is 260 g/mol. The maximum atomic E-state index is 3.73. The van der Waals surface area contributed by atoms with E-state index >= 15 is 0 Å². The number of benzene rings is 1. The van der Waals surface area contributed by atoms with Gasteiger partial charge in [-0.2, -0.15) is 0 Å². The highest BCUT2D eigenvalue weighted by atomic mass is 15.2. The summed E-state index contributed by atoms with van der Waals surface area (Å²) in [5.74, 6) is 0.709. The van der Waals surface area contributed by atoms with Crippen molar-refractivity contribution < 1.29 is 0 Å². The molecule has 2 nitrogen and oxygen atoms in total. The van der Waals surface area contributed by atoms with Gasteiger partial charge >= 0.3 is 0 Å². The van der Waals surface area contributed by atoms with Gasteiger partial charge in [0.1, 0.15) is 0 Å². The van der Waals surface area contributed by atoms with Crippen molar-refractivity contribution in [3.8, 4) is 0 Å². The third kappa shape index (κ3) is 4.05. The van der Waals surface area contributed by atoms with E-state index in [-0.39, 0.29) is 0 Å². The molecule has 1 aromatic rings. The average Bonchev–Trinajstić information content (AvgIpc) is 2.42. The Morgan fingerprint density at radius 3 is 2.63 bits per heavy atom. The van der Waals surface area contributed by atoms with Gasteiger partial charge in [-0.25, -0.2) is 0 Å². The fraction of sp³-hybridized carbons (Fsp3) is 0.647. The molecule has 1 fully saturated rings. The van der Waals surface area contributed by atoms with Crippen LogP contribution in [0.25, 0.3) is 0 Å². The van der Waals surface area contributed by atoms with Gasteiger partial charge in [-0.1, -0.05) is 57.5 Å². The minimum Gasteiger partial charge on any atom is -0.311 e. The van der Waals surface area contributed by atoms with Crippen LogP contribution in [-0.4, -0.2) is 30.1 Å². The summed E-state index contributed by atoms with van der Waals surface area (Å²) in [7, 11) is 0. The van der Waals surface area contributed by atoms with Crippen molar-refractivity contribution in [3.63, 3.8) is 0 Å². The maximum Gasteiger partial charge on any atom is 0.0237 e. The second-order valence-electron chi connectivity index (χ2n) is 6.12. The molecule has 0 aliphatic carbocycles. The van der Waals surface area contributed by atoms with Gasteiger partial charge in [0.25, 0.3) is 0 Å². The molecule has 2 atom stereocenters. The Kier molecular flexibility index (Phi) is 5.41. The van der Waals surface area contributed by atoms with E-state index in [2.05, 4.69) is 61.3 Å². The second kappa shape index (κ2) is 7.06. The van der Waals surface area contributed by atoms with E-state index in [0.29, 0.717) is 18.0 Å². The highest BCUT2D eigenvalue weighted by Gasteiger charge is 2.28. The van der Waals surface area contributed by atoms with E-state index < -0.39 is 0 Å². The van der Waals surface area contributed by atoms with Crippen LogP contribution in [0.15, 0.2) is 30.3 Å². The van der Waals surface area contributed by atoms with Crippen LogP contribution in [0, 0.1) is 5.92 Å². The van der Waals surface area contributed by atoms with Crippen molar-refractivity contribution in [1.29, 1.82) is 0 Å². The molecule has 0 saturated carbocycles. The molecule has 106 valence electrons. The average molecular weight is 260 g/mol. The number of nitrogens with zero attached hydrogens (tertiary/aromatic N) is 1. The van der Waals surface area contributed by atoms with E-state index in [4.69, 9.17) is 0 Å². The van der Waals surface area contributed by atoms with Gasteiger partial charge in [0.05, 0.1) is 0 Å². The van der Waals surface area contributed by atoms with Gasteiger partial charge in [-0.3, -0.25) is 4.90 Å². The van der Waals surface area contributed by atoms with Gasteiger partial charge in [-0.05, 0) is 17.9 Å². The smallest absolute Gasteiger partial charge is 0.0237 e. The molecular weight excluding hydrogens is 232 g/mol. The lowest BCUT2D eigenvalue weighted by molar-refractivity contribution is 0.0997. The minimum absolute atomic E-state index is 0.636. The Hall–Kier alpha value is -0.860. The topological polar surface area (TPSA) is 15.3 Å². The molecule has 2 rings (SSSR count). The molecule has 1 aromatic carbocycles. The van der Waals surface area contributed by atoms with E-state index in [1.165, 1.54) is 24.9 Å². The van der Waals surface area contributed by atoms with Crippen molar-refractivity contribution in [3.05, 3.63) is 35.9 Å². The van der Waals surface area contributed by atoms with Crippen molar-refractivity contribution in [1.82, 2.24) is 10.2 Å². The van der Waals surface area contributed by atoms with Crippen LogP contribution < -0.4 is 5.32 Å². The lowest BCUT2D eigenvalue weighted by Gasteiger charge is -2.42. The van der Waals surface area contributed by atoms with Gasteiger partial charge < -0.3 is 5.32 Å². The number of nitrogens with one attached hydrogen (secondary N) is 1. The fourth-order valence-electron chi connectivity index (χ4n) is 2.96.